The van der Waals surface area contributed by atoms with Gasteiger partial charge in [-0.05, 0) is 37.3 Å². The Morgan fingerprint density at radius 1 is 1.43 bits per heavy atom. The van der Waals surface area contributed by atoms with Crippen molar-refractivity contribution in [2.75, 3.05) is 6.54 Å². The Kier molecular flexibility index (Phi) is 5.07. The minimum Gasteiger partial charge on any atom is -0.329 e. The van der Waals surface area contributed by atoms with Crippen LogP contribution in [0.2, 0.25) is 0 Å². The number of hydrogen-bond donors (Lipinski definition) is 2. The molecule has 0 amide bonds. The van der Waals surface area contributed by atoms with E-state index < -0.39 is 20.5 Å². The molecular weight excluding hydrogens is 318 g/mol. The minimum absolute atomic E-state index is 0.0636. The molecule has 3 N–H and O–H groups in total. The molecule has 1 saturated carbocycles. The van der Waals surface area contributed by atoms with Crippen LogP contribution in [0.25, 0.3) is 0 Å². The molecule has 0 bridgehead atoms. The SMILES string of the molecule is Cc1cc([N+](=O)[O-])ccc1S(=O)(=O)NC1(CN)CCCCC1C. The molecule has 1 aromatic carbocycles. The molecule has 128 valence electrons. The number of non-ortho nitro benzene ring substituents is 1. The zero-order valence-electron chi connectivity index (χ0n) is 13.4. The van der Waals surface area contributed by atoms with Gasteiger partial charge in [0, 0.05) is 24.2 Å². The van der Waals surface area contributed by atoms with Crippen molar-refractivity contribution in [3.05, 3.63) is 33.9 Å². The van der Waals surface area contributed by atoms with Gasteiger partial charge in [0.2, 0.25) is 10.0 Å². The van der Waals surface area contributed by atoms with Gasteiger partial charge in [0.1, 0.15) is 0 Å². The van der Waals surface area contributed by atoms with Crippen LogP contribution in [-0.2, 0) is 10.0 Å². The Balaban J connectivity index is 2.36. The second-order valence-corrected chi connectivity index (χ2v) is 7.97. The van der Waals surface area contributed by atoms with Crippen LogP contribution >= 0.6 is 0 Å². The van der Waals surface area contributed by atoms with E-state index in [2.05, 4.69) is 4.72 Å². The molecule has 7 nitrogen and oxygen atoms in total. The molecule has 2 rings (SSSR count). The number of nitrogens with one attached hydrogen (secondary N) is 1. The van der Waals surface area contributed by atoms with Crippen molar-refractivity contribution >= 4 is 15.7 Å². The summed E-state index contributed by atoms with van der Waals surface area (Å²) in [7, 11) is -3.79. The van der Waals surface area contributed by atoms with Crippen molar-refractivity contribution in [1.82, 2.24) is 4.72 Å². The molecule has 0 saturated heterocycles. The van der Waals surface area contributed by atoms with Crippen LogP contribution in [0, 0.1) is 23.0 Å². The Morgan fingerprint density at radius 3 is 2.65 bits per heavy atom. The Labute approximate surface area is 136 Å². The van der Waals surface area contributed by atoms with E-state index in [0.717, 1.165) is 19.3 Å². The maximum atomic E-state index is 12.8. The quantitative estimate of drug-likeness (QED) is 0.628. The van der Waals surface area contributed by atoms with Crippen molar-refractivity contribution in [3.63, 3.8) is 0 Å². The molecule has 0 spiro atoms. The molecule has 2 unspecified atom stereocenters. The molecule has 1 aliphatic rings. The van der Waals surface area contributed by atoms with Crippen molar-refractivity contribution < 1.29 is 13.3 Å². The number of sulfonamides is 1. The van der Waals surface area contributed by atoms with Crippen LogP contribution in [0.5, 0.6) is 0 Å². The van der Waals surface area contributed by atoms with Crippen LogP contribution in [-0.4, -0.2) is 25.4 Å². The predicted octanol–water partition coefficient (Wildman–Crippen LogP) is 2.09. The summed E-state index contributed by atoms with van der Waals surface area (Å²) in [6.07, 6.45) is 3.64. The summed E-state index contributed by atoms with van der Waals surface area (Å²) < 4.78 is 28.3. The second kappa shape index (κ2) is 6.54. The van der Waals surface area contributed by atoms with Gasteiger partial charge in [0.05, 0.1) is 9.82 Å². The summed E-state index contributed by atoms with van der Waals surface area (Å²) in [5, 5.41) is 10.8. The van der Waals surface area contributed by atoms with E-state index in [1.165, 1.54) is 18.2 Å². The Bertz CT molecular complexity index is 705. The van der Waals surface area contributed by atoms with Gasteiger partial charge in [-0.15, -0.1) is 0 Å². The lowest BCUT2D eigenvalue weighted by Gasteiger charge is -2.42. The highest BCUT2D eigenvalue weighted by molar-refractivity contribution is 7.89. The Hall–Kier alpha value is -1.51. The third-order valence-electron chi connectivity index (χ3n) is 4.81. The summed E-state index contributed by atoms with van der Waals surface area (Å²) in [4.78, 5) is 10.3. The highest BCUT2D eigenvalue weighted by Crippen LogP contribution is 2.34. The van der Waals surface area contributed by atoms with Crippen molar-refractivity contribution in [2.45, 2.75) is 50.0 Å². The number of nitrogens with zero attached hydrogens (tertiary/aromatic N) is 1. The van der Waals surface area contributed by atoms with Crippen LogP contribution < -0.4 is 10.5 Å². The Morgan fingerprint density at radius 2 is 2.13 bits per heavy atom. The summed E-state index contributed by atoms with van der Waals surface area (Å²) in [6, 6.07) is 3.77. The summed E-state index contributed by atoms with van der Waals surface area (Å²) in [5.41, 5.74) is 5.48. The summed E-state index contributed by atoms with van der Waals surface area (Å²) in [6.45, 7) is 3.80. The van der Waals surface area contributed by atoms with Crippen molar-refractivity contribution in [3.8, 4) is 0 Å². The fourth-order valence-corrected chi connectivity index (χ4v) is 5.04. The van der Waals surface area contributed by atoms with Gasteiger partial charge < -0.3 is 5.73 Å². The maximum Gasteiger partial charge on any atom is 0.269 e. The van der Waals surface area contributed by atoms with Gasteiger partial charge >= 0.3 is 0 Å². The molecule has 1 aromatic rings. The monoisotopic (exact) mass is 341 g/mol. The van der Waals surface area contributed by atoms with E-state index in [1.54, 1.807) is 6.92 Å². The number of hydrogen-bond acceptors (Lipinski definition) is 5. The maximum absolute atomic E-state index is 12.8. The normalized spacial score (nSPS) is 25.3. The van der Waals surface area contributed by atoms with Gasteiger partial charge in [-0.1, -0.05) is 19.8 Å². The molecule has 1 aliphatic carbocycles. The standard InChI is InChI=1S/C15H23N3O4S/c1-11-9-13(18(19)20)6-7-14(11)23(21,22)17-15(10-16)8-4-3-5-12(15)2/h6-7,9,12,17H,3-5,8,10,16H2,1-2H3. The van der Waals surface area contributed by atoms with Crippen LogP contribution in [0.1, 0.15) is 38.2 Å². The lowest BCUT2D eigenvalue weighted by Crippen LogP contribution is -2.59. The first-order valence-electron chi connectivity index (χ1n) is 7.71. The lowest BCUT2D eigenvalue weighted by molar-refractivity contribution is -0.385. The zero-order valence-corrected chi connectivity index (χ0v) is 14.2. The molecule has 1 fully saturated rings. The number of nitrogens with two attached hydrogens (primary N) is 1. The molecule has 0 heterocycles. The fourth-order valence-electron chi connectivity index (χ4n) is 3.28. The van der Waals surface area contributed by atoms with E-state index in [0.29, 0.717) is 12.0 Å². The molecule has 0 aromatic heterocycles. The topological polar surface area (TPSA) is 115 Å². The second-order valence-electron chi connectivity index (χ2n) is 6.32. The molecule has 2 atom stereocenters. The van der Waals surface area contributed by atoms with E-state index in [9.17, 15) is 18.5 Å². The van der Waals surface area contributed by atoms with Crippen LogP contribution in [0.4, 0.5) is 5.69 Å². The highest BCUT2D eigenvalue weighted by atomic mass is 32.2. The van der Waals surface area contributed by atoms with E-state index >= 15 is 0 Å². The van der Waals surface area contributed by atoms with Crippen molar-refractivity contribution in [1.29, 1.82) is 0 Å². The smallest absolute Gasteiger partial charge is 0.269 e. The van der Waals surface area contributed by atoms with Crippen molar-refractivity contribution in [2.24, 2.45) is 11.7 Å². The van der Waals surface area contributed by atoms with E-state index in [1.807, 2.05) is 6.92 Å². The summed E-state index contributed by atoms with van der Waals surface area (Å²) in [5.74, 6) is 0.148. The lowest BCUT2D eigenvalue weighted by atomic mass is 9.74. The first kappa shape index (κ1) is 17.8. The largest absolute Gasteiger partial charge is 0.329 e. The van der Waals surface area contributed by atoms with Gasteiger partial charge in [-0.25, -0.2) is 13.1 Å². The molecule has 8 heteroatoms. The highest BCUT2D eigenvalue weighted by Gasteiger charge is 2.40. The van der Waals surface area contributed by atoms with Crippen LogP contribution in [0.15, 0.2) is 23.1 Å². The number of nitro benzene ring substituents is 1. The summed E-state index contributed by atoms with van der Waals surface area (Å²) >= 11 is 0. The van der Waals surface area contributed by atoms with E-state index in [4.69, 9.17) is 5.73 Å². The third kappa shape index (κ3) is 3.54. The van der Waals surface area contributed by atoms with Gasteiger partial charge in [-0.3, -0.25) is 10.1 Å². The molecule has 0 aliphatic heterocycles. The number of aryl methyl sites for hydroxylation is 1. The molecule has 0 radical (unpaired) electrons. The number of rotatable bonds is 5. The average molecular weight is 341 g/mol. The van der Waals surface area contributed by atoms with Gasteiger partial charge in [-0.2, -0.15) is 0 Å². The molecule has 23 heavy (non-hydrogen) atoms. The first-order valence-corrected chi connectivity index (χ1v) is 9.19. The first-order chi connectivity index (χ1) is 10.7. The minimum atomic E-state index is -3.79. The van der Waals surface area contributed by atoms with Gasteiger partial charge in [0.15, 0.2) is 0 Å². The molecular formula is C15H23N3O4S. The van der Waals surface area contributed by atoms with E-state index in [-0.39, 0.29) is 23.0 Å². The number of nitro groups is 1. The zero-order chi connectivity index (χ0) is 17.3. The number of benzene rings is 1. The van der Waals surface area contributed by atoms with Gasteiger partial charge in [0.25, 0.3) is 5.69 Å². The average Bonchev–Trinajstić information content (AvgIpc) is 2.49. The third-order valence-corrected chi connectivity index (χ3v) is 6.53. The fraction of sp³-hybridized carbons (Fsp3) is 0.600. The van der Waals surface area contributed by atoms with Crippen LogP contribution in [0.3, 0.4) is 0 Å². The predicted molar refractivity (Wildman–Crippen MR) is 87.6 cm³/mol.